The highest BCUT2D eigenvalue weighted by atomic mass is 16.5. The van der Waals surface area contributed by atoms with Crippen LogP contribution in [0.5, 0.6) is 5.75 Å². The molecular weight excluding hydrogens is 290 g/mol. The lowest BCUT2D eigenvalue weighted by atomic mass is 10.1. The van der Waals surface area contributed by atoms with Crippen LogP contribution < -0.4 is 4.74 Å². The van der Waals surface area contributed by atoms with E-state index >= 15 is 0 Å². The predicted octanol–water partition coefficient (Wildman–Crippen LogP) is 2.66. The second-order valence-electron chi connectivity index (χ2n) is 6.15. The molecular formula is C18H23N3O2. The van der Waals surface area contributed by atoms with Crippen molar-refractivity contribution in [2.24, 2.45) is 13.0 Å². The molecule has 5 heteroatoms. The molecule has 23 heavy (non-hydrogen) atoms. The Balaban J connectivity index is 1.47. The van der Waals surface area contributed by atoms with Gasteiger partial charge in [0.25, 0.3) is 5.91 Å². The van der Waals surface area contributed by atoms with E-state index in [1.807, 2.05) is 55.3 Å². The first-order valence-electron chi connectivity index (χ1n) is 8.11. The number of nitrogens with zero attached hydrogens (tertiary/aromatic N) is 3. The Bertz CT molecular complexity index is 647. The largest absolute Gasteiger partial charge is 0.494 e. The third-order valence-electron chi connectivity index (χ3n) is 4.44. The standard InChI is InChI=1S/C18H23N3O2/c1-14-12-17(19-20(14)2)18(22)21-10-8-15(13-21)9-11-23-16-6-4-3-5-7-16/h3-7,12,15H,8-11,13H2,1-2H3. The van der Waals surface area contributed by atoms with Gasteiger partial charge in [0.15, 0.2) is 5.69 Å². The van der Waals surface area contributed by atoms with Crippen LogP contribution in [0.4, 0.5) is 0 Å². The Morgan fingerprint density at radius 1 is 1.35 bits per heavy atom. The van der Waals surface area contributed by atoms with Crippen molar-refractivity contribution >= 4 is 5.91 Å². The molecule has 1 fully saturated rings. The van der Waals surface area contributed by atoms with Crippen molar-refractivity contribution in [1.82, 2.24) is 14.7 Å². The average Bonchev–Trinajstić information content (AvgIpc) is 3.15. The Kier molecular flexibility index (Phi) is 4.65. The Labute approximate surface area is 136 Å². The van der Waals surface area contributed by atoms with Gasteiger partial charge in [-0.05, 0) is 43.9 Å². The highest BCUT2D eigenvalue weighted by molar-refractivity contribution is 5.92. The van der Waals surface area contributed by atoms with Crippen LogP contribution in [0.15, 0.2) is 36.4 Å². The van der Waals surface area contributed by atoms with Crippen LogP contribution in [-0.2, 0) is 7.05 Å². The first kappa shape index (κ1) is 15.6. The summed E-state index contributed by atoms with van der Waals surface area (Å²) in [6.45, 7) is 4.26. The van der Waals surface area contributed by atoms with Gasteiger partial charge in [-0.25, -0.2) is 0 Å². The van der Waals surface area contributed by atoms with Crippen LogP contribution in [0.3, 0.4) is 0 Å². The van der Waals surface area contributed by atoms with Gasteiger partial charge in [-0.1, -0.05) is 18.2 Å². The lowest BCUT2D eigenvalue weighted by Crippen LogP contribution is -2.29. The fourth-order valence-corrected chi connectivity index (χ4v) is 2.94. The molecule has 1 aromatic heterocycles. The normalized spacial score (nSPS) is 17.5. The molecule has 5 nitrogen and oxygen atoms in total. The topological polar surface area (TPSA) is 47.4 Å². The molecule has 0 radical (unpaired) electrons. The molecule has 1 unspecified atom stereocenters. The number of carbonyl (C=O) groups excluding carboxylic acids is 1. The molecule has 0 bridgehead atoms. The Hall–Kier alpha value is -2.30. The molecule has 0 saturated carbocycles. The molecule has 1 amide bonds. The summed E-state index contributed by atoms with van der Waals surface area (Å²) < 4.78 is 7.49. The number of ether oxygens (including phenoxy) is 1. The molecule has 122 valence electrons. The maximum Gasteiger partial charge on any atom is 0.274 e. The number of hydrogen-bond donors (Lipinski definition) is 0. The summed E-state index contributed by atoms with van der Waals surface area (Å²) in [4.78, 5) is 14.4. The lowest BCUT2D eigenvalue weighted by Gasteiger charge is -2.15. The van der Waals surface area contributed by atoms with Gasteiger partial charge in [0.05, 0.1) is 6.61 Å². The zero-order valence-electron chi connectivity index (χ0n) is 13.7. The summed E-state index contributed by atoms with van der Waals surface area (Å²) in [6.07, 6.45) is 2.01. The number of aryl methyl sites for hydroxylation is 2. The van der Waals surface area contributed by atoms with E-state index in [9.17, 15) is 4.79 Å². The van der Waals surface area contributed by atoms with Gasteiger partial charge in [0.2, 0.25) is 0 Å². The van der Waals surface area contributed by atoms with E-state index in [2.05, 4.69) is 5.10 Å². The van der Waals surface area contributed by atoms with Gasteiger partial charge in [0.1, 0.15) is 5.75 Å². The van der Waals surface area contributed by atoms with Gasteiger partial charge in [-0.15, -0.1) is 0 Å². The maximum atomic E-state index is 12.5. The molecule has 0 spiro atoms. The number of amides is 1. The summed E-state index contributed by atoms with van der Waals surface area (Å²) in [5, 5.41) is 4.28. The van der Waals surface area contributed by atoms with Gasteiger partial charge in [-0.3, -0.25) is 9.48 Å². The van der Waals surface area contributed by atoms with E-state index in [0.717, 1.165) is 37.4 Å². The molecule has 1 atom stereocenters. The quantitative estimate of drug-likeness (QED) is 0.852. The molecule has 1 aliphatic heterocycles. The summed E-state index contributed by atoms with van der Waals surface area (Å²) in [5.74, 6) is 1.45. The van der Waals surface area contributed by atoms with Crippen molar-refractivity contribution < 1.29 is 9.53 Å². The van der Waals surface area contributed by atoms with Crippen LogP contribution >= 0.6 is 0 Å². The van der Waals surface area contributed by atoms with E-state index in [1.165, 1.54) is 0 Å². The van der Waals surface area contributed by atoms with Crippen LogP contribution in [0.25, 0.3) is 0 Å². The van der Waals surface area contributed by atoms with Crippen LogP contribution in [0, 0.1) is 12.8 Å². The molecule has 1 aromatic carbocycles. The number of para-hydroxylation sites is 1. The first-order chi connectivity index (χ1) is 11.1. The fraction of sp³-hybridized carbons (Fsp3) is 0.444. The monoisotopic (exact) mass is 313 g/mol. The fourth-order valence-electron chi connectivity index (χ4n) is 2.94. The third kappa shape index (κ3) is 3.73. The number of aromatic nitrogens is 2. The van der Waals surface area contributed by atoms with Crippen molar-refractivity contribution in [3.63, 3.8) is 0 Å². The maximum absolute atomic E-state index is 12.5. The van der Waals surface area contributed by atoms with Crippen molar-refractivity contribution in [2.75, 3.05) is 19.7 Å². The van der Waals surface area contributed by atoms with Crippen LogP contribution in [0.1, 0.15) is 29.0 Å². The summed E-state index contributed by atoms with van der Waals surface area (Å²) in [6, 6.07) is 11.7. The minimum Gasteiger partial charge on any atom is -0.494 e. The van der Waals surface area contributed by atoms with E-state index < -0.39 is 0 Å². The molecule has 1 saturated heterocycles. The summed E-state index contributed by atoms with van der Waals surface area (Å²) >= 11 is 0. The molecule has 2 heterocycles. The Morgan fingerprint density at radius 2 is 2.13 bits per heavy atom. The molecule has 0 N–H and O–H groups in total. The zero-order chi connectivity index (χ0) is 16.2. The highest BCUT2D eigenvalue weighted by Crippen LogP contribution is 2.22. The van der Waals surface area contributed by atoms with Gasteiger partial charge in [-0.2, -0.15) is 5.10 Å². The van der Waals surface area contributed by atoms with Crippen molar-refractivity contribution in [2.45, 2.75) is 19.8 Å². The molecule has 2 aromatic rings. The average molecular weight is 313 g/mol. The number of hydrogen-bond acceptors (Lipinski definition) is 3. The second-order valence-corrected chi connectivity index (χ2v) is 6.15. The SMILES string of the molecule is Cc1cc(C(=O)N2CCC(CCOc3ccccc3)C2)nn1C. The smallest absolute Gasteiger partial charge is 0.274 e. The van der Waals surface area contributed by atoms with Gasteiger partial charge >= 0.3 is 0 Å². The highest BCUT2D eigenvalue weighted by Gasteiger charge is 2.28. The van der Waals surface area contributed by atoms with Crippen LogP contribution in [-0.4, -0.2) is 40.3 Å². The van der Waals surface area contributed by atoms with Crippen molar-refractivity contribution in [3.8, 4) is 5.75 Å². The zero-order valence-corrected chi connectivity index (χ0v) is 13.7. The molecule has 1 aliphatic rings. The van der Waals surface area contributed by atoms with E-state index in [0.29, 0.717) is 18.2 Å². The third-order valence-corrected chi connectivity index (χ3v) is 4.44. The first-order valence-corrected chi connectivity index (χ1v) is 8.11. The van der Waals surface area contributed by atoms with E-state index in [4.69, 9.17) is 4.74 Å². The minimum atomic E-state index is 0.0418. The predicted molar refractivity (Wildman–Crippen MR) is 88.5 cm³/mol. The summed E-state index contributed by atoms with van der Waals surface area (Å²) in [7, 11) is 1.86. The van der Waals surface area contributed by atoms with Crippen molar-refractivity contribution in [3.05, 3.63) is 47.8 Å². The Morgan fingerprint density at radius 3 is 2.83 bits per heavy atom. The molecule has 0 aliphatic carbocycles. The lowest BCUT2D eigenvalue weighted by molar-refractivity contribution is 0.0778. The summed E-state index contributed by atoms with van der Waals surface area (Å²) in [5.41, 5.74) is 1.55. The van der Waals surface area contributed by atoms with Gasteiger partial charge < -0.3 is 9.64 Å². The van der Waals surface area contributed by atoms with Crippen LogP contribution in [0.2, 0.25) is 0 Å². The minimum absolute atomic E-state index is 0.0418. The van der Waals surface area contributed by atoms with Crippen molar-refractivity contribution in [1.29, 1.82) is 0 Å². The number of rotatable bonds is 5. The second kappa shape index (κ2) is 6.86. The van der Waals surface area contributed by atoms with E-state index in [1.54, 1.807) is 4.68 Å². The number of carbonyl (C=O) groups is 1. The molecule has 3 rings (SSSR count). The van der Waals surface area contributed by atoms with E-state index in [-0.39, 0.29) is 5.91 Å². The number of benzene rings is 1. The number of likely N-dealkylation sites (tertiary alicyclic amines) is 1. The van der Waals surface area contributed by atoms with Gasteiger partial charge in [0, 0.05) is 25.8 Å².